The highest BCUT2D eigenvalue weighted by atomic mass is 16.1. The number of carbonyl (C=O) groups is 1. The molecule has 0 radical (unpaired) electrons. The van der Waals surface area contributed by atoms with Crippen LogP contribution in [-0.2, 0) is 4.79 Å². The van der Waals surface area contributed by atoms with E-state index in [-0.39, 0.29) is 17.9 Å². The van der Waals surface area contributed by atoms with Gasteiger partial charge in [-0.2, -0.15) is 5.26 Å². The predicted octanol–water partition coefficient (Wildman–Crippen LogP) is 1.53. The Morgan fingerprint density at radius 3 is 2.83 bits per heavy atom. The van der Waals surface area contributed by atoms with E-state index in [1.165, 1.54) is 19.4 Å². The average molecular weight is 249 g/mol. The normalized spacial score (nSPS) is 29.7. The largest absolute Gasteiger partial charge is 0.352 e. The lowest BCUT2D eigenvalue weighted by molar-refractivity contribution is -0.125. The van der Waals surface area contributed by atoms with E-state index < -0.39 is 5.92 Å². The molecule has 1 amide bonds. The van der Waals surface area contributed by atoms with Crippen molar-refractivity contribution in [2.24, 2.45) is 11.8 Å². The van der Waals surface area contributed by atoms with Crippen LogP contribution in [-0.4, -0.2) is 36.0 Å². The van der Waals surface area contributed by atoms with Gasteiger partial charge >= 0.3 is 0 Å². The molecule has 2 saturated heterocycles. The van der Waals surface area contributed by atoms with Crippen molar-refractivity contribution >= 4 is 5.91 Å². The maximum atomic E-state index is 12.0. The van der Waals surface area contributed by atoms with Crippen LogP contribution >= 0.6 is 0 Å². The lowest BCUT2D eigenvalue weighted by Gasteiger charge is -2.35. The summed E-state index contributed by atoms with van der Waals surface area (Å²) in [5.74, 6) is -0.503. The van der Waals surface area contributed by atoms with E-state index in [1.807, 2.05) is 13.8 Å². The first kappa shape index (κ1) is 13.4. The number of nitrogens with zero attached hydrogens (tertiary/aromatic N) is 2. The number of nitrogens with one attached hydrogen (secondary N) is 1. The molecular weight excluding hydrogens is 226 g/mol. The molecule has 2 fully saturated rings. The Morgan fingerprint density at radius 2 is 2.17 bits per heavy atom. The molecule has 2 aliphatic rings. The second-order valence-corrected chi connectivity index (χ2v) is 5.91. The number of carbonyl (C=O) groups excluding carboxylic acids is 1. The van der Waals surface area contributed by atoms with Crippen molar-refractivity contribution in [2.75, 3.05) is 13.1 Å². The molecule has 100 valence electrons. The van der Waals surface area contributed by atoms with Crippen molar-refractivity contribution in [1.82, 2.24) is 10.2 Å². The zero-order valence-corrected chi connectivity index (χ0v) is 11.4. The van der Waals surface area contributed by atoms with Crippen molar-refractivity contribution in [1.29, 1.82) is 5.26 Å². The first-order chi connectivity index (χ1) is 8.61. The Bertz CT molecular complexity index is 347. The number of rotatable bonds is 3. The van der Waals surface area contributed by atoms with Gasteiger partial charge in [0.1, 0.15) is 5.92 Å². The van der Waals surface area contributed by atoms with Gasteiger partial charge in [0.25, 0.3) is 0 Å². The smallest absolute Gasteiger partial charge is 0.237 e. The molecule has 0 saturated carbocycles. The van der Waals surface area contributed by atoms with Gasteiger partial charge in [0.05, 0.1) is 6.07 Å². The molecule has 0 aromatic carbocycles. The van der Waals surface area contributed by atoms with Gasteiger partial charge in [-0.3, -0.25) is 4.79 Å². The maximum absolute atomic E-state index is 12.0. The molecule has 0 aliphatic carbocycles. The van der Waals surface area contributed by atoms with Crippen molar-refractivity contribution in [3.8, 4) is 6.07 Å². The monoisotopic (exact) mass is 249 g/mol. The summed E-state index contributed by atoms with van der Waals surface area (Å²) in [5.41, 5.74) is 0. The third-order valence-electron chi connectivity index (χ3n) is 4.26. The molecule has 0 bridgehead atoms. The number of piperidine rings is 1. The zero-order chi connectivity index (χ0) is 13.1. The third-order valence-corrected chi connectivity index (χ3v) is 4.26. The average Bonchev–Trinajstić information content (AvgIpc) is 2.76. The molecule has 0 aromatic heterocycles. The quantitative estimate of drug-likeness (QED) is 0.825. The van der Waals surface area contributed by atoms with E-state index in [9.17, 15) is 4.79 Å². The first-order valence-electron chi connectivity index (χ1n) is 7.06. The Balaban J connectivity index is 1.86. The number of nitriles is 1. The Morgan fingerprint density at radius 1 is 1.39 bits per heavy atom. The van der Waals surface area contributed by atoms with E-state index in [0.717, 1.165) is 19.4 Å². The van der Waals surface area contributed by atoms with Crippen LogP contribution in [0.25, 0.3) is 0 Å². The minimum atomic E-state index is -0.508. The van der Waals surface area contributed by atoms with Crippen LogP contribution in [0.4, 0.5) is 0 Å². The first-order valence-corrected chi connectivity index (χ1v) is 7.06. The number of hydrogen-bond acceptors (Lipinski definition) is 3. The van der Waals surface area contributed by atoms with Crippen molar-refractivity contribution in [2.45, 2.75) is 51.6 Å². The Kier molecular flexibility index (Phi) is 4.23. The minimum absolute atomic E-state index is 0.0797. The van der Waals surface area contributed by atoms with Crippen molar-refractivity contribution in [3.63, 3.8) is 0 Å². The van der Waals surface area contributed by atoms with Crippen molar-refractivity contribution < 1.29 is 4.79 Å². The molecule has 4 heteroatoms. The molecule has 1 N–H and O–H groups in total. The van der Waals surface area contributed by atoms with Crippen LogP contribution in [0.1, 0.15) is 39.5 Å². The molecule has 3 unspecified atom stereocenters. The Hall–Kier alpha value is -1.08. The lowest BCUT2D eigenvalue weighted by Crippen LogP contribution is -2.49. The number of hydrogen-bond donors (Lipinski definition) is 1. The van der Waals surface area contributed by atoms with Crippen LogP contribution in [0.5, 0.6) is 0 Å². The summed E-state index contributed by atoms with van der Waals surface area (Å²) in [5, 5.41) is 12.1. The predicted molar refractivity (Wildman–Crippen MR) is 69.7 cm³/mol. The van der Waals surface area contributed by atoms with Crippen LogP contribution in [0, 0.1) is 23.2 Å². The molecular formula is C14H23N3O. The van der Waals surface area contributed by atoms with E-state index in [2.05, 4.69) is 16.3 Å². The fourth-order valence-electron chi connectivity index (χ4n) is 3.16. The summed E-state index contributed by atoms with van der Waals surface area (Å²) in [6.07, 6.45) is 4.64. The number of fused-ring (bicyclic) bond motifs is 1. The van der Waals surface area contributed by atoms with E-state index in [0.29, 0.717) is 6.04 Å². The SMILES string of the molecule is CC(C)C(C#N)C(=O)NC1CCN2CCCC2C1. The Labute approximate surface area is 109 Å². The fraction of sp³-hybridized carbons (Fsp3) is 0.857. The molecule has 0 aromatic rings. The highest BCUT2D eigenvalue weighted by Crippen LogP contribution is 2.27. The van der Waals surface area contributed by atoms with Gasteiger partial charge in [0.15, 0.2) is 0 Å². The van der Waals surface area contributed by atoms with Gasteiger partial charge < -0.3 is 10.2 Å². The summed E-state index contributed by atoms with van der Waals surface area (Å²) >= 11 is 0. The second-order valence-electron chi connectivity index (χ2n) is 5.91. The minimum Gasteiger partial charge on any atom is -0.352 e. The van der Waals surface area contributed by atoms with Crippen LogP contribution in [0.2, 0.25) is 0 Å². The van der Waals surface area contributed by atoms with Gasteiger partial charge in [-0.1, -0.05) is 13.8 Å². The summed E-state index contributed by atoms with van der Waals surface area (Å²) < 4.78 is 0. The summed E-state index contributed by atoms with van der Waals surface area (Å²) in [6.45, 7) is 6.16. The summed E-state index contributed by atoms with van der Waals surface area (Å²) in [6, 6.07) is 3.04. The van der Waals surface area contributed by atoms with E-state index >= 15 is 0 Å². The van der Waals surface area contributed by atoms with Crippen LogP contribution in [0.3, 0.4) is 0 Å². The van der Waals surface area contributed by atoms with Gasteiger partial charge in [-0.15, -0.1) is 0 Å². The van der Waals surface area contributed by atoms with Gasteiger partial charge in [-0.05, 0) is 38.1 Å². The third kappa shape index (κ3) is 2.84. The number of amides is 1. The highest BCUT2D eigenvalue weighted by Gasteiger charge is 2.33. The summed E-state index contributed by atoms with van der Waals surface area (Å²) in [4.78, 5) is 14.6. The summed E-state index contributed by atoms with van der Waals surface area (Å²) in [7, 11) is 0. The van der Waals surface area contributed by atoms with E-state index in [1.54, 1.807) is 0 Å². The van der Waals surface area contributed by atoms with E-state index in [4.69, 9.17) is 5.26 Å². The zero-order valence-electron chi connectivity index (χ0n) is 11.4. The molecule has 2 rings (SSSR count). The molecule has 0 spiro atoms. The fourth-order valence-corrected chi connectivity index (χ4v) is 3.16. The van der Waals surface area contributed by atoms with Crippen LogP contribution in [0.15, 0.2) is 0 Å². The second kappa shape index (κ2) is 5.71. The van der Waals surface area contributed by atoms with Gasteiger partial charge in [0, 0.05) is 18.6 Å². The highest BCUT2D eigenvalue weighted by molar-refractivity contribution is 5.81. The molecule has 2 aliphatic heterocycles. The topological polar surface area (TPSA) is 56.1 Å². The maximum Gasteiger partial charge on any atom is 0.237 e. The van der Waals surface area contributed by atoms with Gasteiger partial charge in [0.2, 0.25) is 5.91 Å². The molecule has 3 atom stereocenters. The van der Waals surface area contributed by atoms with Gasteiger partial charge in [-0.25, -0.2) is 0 Å². The standard InChI is InChI=1S/C14H23N3O/c1-10(2)13(9-15)14(18)16-11-5-7-17-6-3-4-12(17)8-11/h10-13H,3-8H2,1-2H3,(H,16,18). The van der Waals surface area contributed by atoms with Crippen molar-refractivity contribution in [3.05, 3.63) is 0 Å². The molecule has 2 heterocycles. The molecule has 18 heavy (non-hydrogen) atoms. The van der Waals surface area contributed by atoms with Crippen LogP contribution < -0.4 is 5.32 Å². The lowest BCUT2D eigenvalue weighted by atomic mass is 9.93. The molecule has 4 nitrogen and oxygen atoms in total.